The molecule has 5 nitrogen and oxygen atoms in total. The van der Waals surface area contributed by atoms with E-state index in [2.05, 4.69) is 10.4 Å². The molecule has 0 aliphatic rings. The summed E-state index contributed by atoms with van der Waals surface area (Å²) in [5, 5.41) is 6.02. The first kappa shape index (κ1) is 18.5. The van der Waals surface area contributed by atoms with Crippen LogP contribution >= 0.6 is 11.6 Å². The Morgan fingerprint density at radius 2 is 1.76 bits per heavy atom. The molecule has 0 bridgehead atoms. The van der Waals surface area contributed by atoms with Crippen molar-refractivity contribution in [2.75, 3.05) is 5.32 Å². The van der Waals surface area contributed by atoms with Gasteiger partial charge in [-0.25, -0.2) is 5.43 Å². The first-order chi connectivity index (χ1) is 11.8. The summed E-state index contributed by atoms with van der Waals surface area (Å²) in [5.41, 5.74) is 1.00. The van der Waals surface area contributed by atoms with Crippen LogP contribution in [-0.2, 0) is 15.8 Å². The van der Waals surface area contributed by atoms with Gasteiger partial charge in [0.2, 0.25) is 0 Å². The van der Waals surface area contributed by atoms with Crippen LogP contribution in [0.5, 0.6) is 0 Å². The molecule has 2 aromatic carbocycles. The number of carbonyl (C=O) groups is 2. The van der Waals surface area contributed by atoms with Gasteiger partial charge in [-0.3, -0.25) is 9.59 Å². The molecular weight excluding hydrogens is 359 g/mol. The number of nitrogens with one attached hydrogen (secondary N) is 2. The molecule has 0 fully saturated rings. The van der Waals surface area contributed by atoms with Crippen LogP contribution in [0.3, 0.4) is 0 Å². The summed E-state index contributed by atoms with van der Waals surface area (Å²) in [4.78, 5) is 23.3. The van der Waals surface area contributed by atoms with Crippen LogP contribution in [0.2, 0.25) is 5.02 Å². The van der Waals surface area contributed by atoms with Crippen LogP contribution in [0.4, 0.5) is 18.9 Å². The molecule has 0 spiro atoms. The number of hydrazone groups is 1. The molecule has 0 atom stereocenters. The highest BCUT2D eigenvalue weighted by molar-refractivity contribution is 6.39. The topological polar surface area (TPSA) is 70.6 Å². The summed E-state index contributed by atoms with van der Waals surface area (Å²) in [6.07, 6.45) is -3.75. The Morgan fingerprint density at radius 1 is 1.04 bits per heavy atom. The van der Waals surface area contributed by atoms with Gasteiger partial charge in [-0.2, -0.15) is 18.3 Å². The van der Waals surface area contributed by atoms with Crippen LogP contribution < -0.4 is 10.7 Å². The second kappa shape index (κ2) is 7.80. The molecule has 0 aliphatic heterocycles. The fourth-order valence-electron chi connectivity index (χ4n) is 1.83. The maximum absolute atomic E-state index is 12.8. The third kappa shape index (κ3) is 5.32. The lowest BCUT2D eigenvalue weighted by Gasteiger charge is -2.09. The molecule has 2 amide bonds. The quantitative estimate of drug-likeness (QED) is 0.494. The molecule has 0 aromatic heterocycles. The van der Waals surface area contributed by atoms with E-state index in [-0.39, 0.29) is 5.56 Å². The van der Waals surface area contributed by atoms with Gasteiger partial charge in [0.05, 0.1) is 11.8 Å². The number of benzene rings is 2. The Bertz CT molecular complexity index is 822. The summed E-state index contributed by atoms with van der Waals surface area (Å²) < 4.78 is 38.4. The molecule has 0 aliphatic carbocycles. The van der Waals surface area contributed by atoms with E-state index in [4.69, 9.17) is 11.6 Å². The molecule has 0 saturated carbocycles. The SMILES string of the molecule is O=C(N/N=C\c1ccccc1C(F)(F)F)C(=O)Nc1cccc(Cl)c1. The summed E-state index contributed by atoms with van der Waals surface area (Å²) >= 11 is 5.74. The maximum atomic E-state index is 12.8. The van der Waals surface area contributed by atoms with Crippen molar-refractivity contribution in [1.82, 2.24) is 5.43 Å². The normalized spacial score (nSPS) is 11.4. The number of halogens is 4. The van der Waals surface area contributed by atoms with E-state index >= 15 is 0 Å². The molecular formula is C16H11ClF3N3O2. The number of alkyl halides is 3. The fourth-order valence-corrected chi connectivity index (χ4v) is 2.02. The summed E-state index contributed by atoms with van der Waals surface area (Å²) in [6.45, 7) is 0. The van der Waals surface area contributed by atoms with E-state index in [1.54, 1.807) is 12.1 Å². The van der Waals surface area contributed by atoms with Gasteiger partial charge in [0.15, 0.2) is 0 Å². The van der Waals surface area contributed by atoms with Crippen molar-refractivity contribution < 1.29 is 22.8 Å². The lowest BCUT2D eigenvalue weighted by molar-refractivity contribution is -0.137. The zero-order valence-electron chi connectivity index (χ0n) is 12.5. The van der Waals surface area contributed by atoms with Crippen molar-refractivity contribution in [1.29, 1.82) is 0 Å². The Labute approximate surface area is 145 Å². The van der Waals surface area contributed by atoms with Crippen molar-refractivity contribution in [3.8, 4) is 0 Å². The van der Waals surface area contributed by atoms with E-state index in [1.807, 2.05) is 5.43 Å². The molecule has 0 saturated heterocycles. The highest BCUT2D eigenvalue weighted by Gasteiger charge is 2.32. The first-order valence-electron chi connectivity index (χ1n) is 6.83. The number of hydrogen-bond acceptors (Lipinski definition) is 3. The Balaban J connectivity index is 2.00. The van der Waals surface area contributed by atoms with Crippen molar-refractivity contribution in [3.05, 3.63) is 64.7 Å². The monoisotopic (exact) mass is 369 g/mol. The predicted octanol–water partition coefficient (Wildman–Crippen LogP) is 3.45. The molecule has 25 heavy (non-hydrogen) atoms. The molecule has 2 N–H and O–H groups in total. The third-order valence-electron chi connectivity index (χ3n) is 2.92. The minimum Gasteiger partial charge on any atom is -0.318 e. The second-order valence-corrected chi connectivity index (χ2v) is 5.19. The summed E-state index contributed by atoms with van der Waals surface area (Å²) in [6, 6.07) is 10.8. The number of hydrogen-bond donors (Lipinski definition) is 2. The number of carbonyl (C=O) groups excluding carboxylic acids is 2. The van der Waals surface area contributed by atoms with E-state index < -0.39 is 23.6 Å². The second-order valence-electron chi connectivity index (χ2n) is 4.75. The first-order valence-corrected chi connectivity index (χ1v) is 7.21. The van der Waals surface area contributed by atoms with E-state index in [9.17, 15) is 22.8 Å². The number of anilines is 1. The smallest absolute Gasteiger partial charge is 0.318 e. The molecule has 2 aromatic rings. The summed E-state index contributed by atoms with van der Waals surface area (Å²) in [7, 11) is 0. The zero-order valence-corrected chi connectivity index (χ0v) is 13.2. The molecule has 2 rings (SSSR count). The van der Waals surface area contributed by atoms with Gasteiger partial charge in [-0.05, 0) is 24.3 Å². The van der Waals surface area contributed by atoms with Crippen molar-refractivity contribution >= 4 is 35.3 Å². The molecule has 0 heterocycles. The van der Waals surface area contributed by atoms with Gasteiger partial charge >= 0.3 is 18.0 Å². The van der Waals surface area contributed by atoms with Crippen LogP contribution in [0.1, 0.15) is 11.1 Å². The molecule has 0 radical (unpaired) electrons. The number of rotatable bonds is 3. The van der Waals surface area contributed by atoms with Gasteiger partial charge in [0.1, 0.15) is 0 Å². The van der Waals surface area contributed by atoms with E-state index in [1.165, 1.54) is 30.3 Å². The van der Waals surface area contributed by atoms with Crippen LogP contribution in [0.15, 0.2) is 53.6 Å². The van der Waals surface area contributed by atoms with Crippen molar-refractivity contribution in [3.63, 3.8) is 0 Å². The van der Waals surface area contributed by atoms with Crippen LogP contribution in [0.25, 0.3) is 0 Å². The van der Waals surface area contributed by atoms with E-state index in [0.717, 1.165) is 12.3 Å². The van der Waals surface area contributed by atoms with Crippen molar-refractivity contribution in [2.24, 2.45) is 5.10 Å². The van der Waals surface area contributed by atoms with E-state index in [0.29, 0.717) is 10.7 Å². The highest BCUT2D eigenvalue weighted by atomic mass is 35.5. The average Bonchev–Trinajstić information content (AvgIpc) is 2.54. The van der Waals surface area contributed by atoms with Crippen LogP contribution in [-0.4, -0.2) is 18.0 Å². The minimum atomic E-state index is -4.56. The Hall–Kier alpha value is -2.87. The molecule has 130 valence electrons. The Morgan fingerprint density at radius 3 is 2.44 bits per heavy atom. The average molecular weight is 370 g/mol. The van der Waals surface area contributed by atoms with Gasteiger partial charge in [-0.1, -0.05) is 35.9 Å². The maximum Gasteiger partial charge on any atom is 0.417 e. The summed E-state index contributed by atoms with van der Waals surface area (Å²) in [5.74, 6) is -2.18. The highest BCUT2D eigenvalue weighted by Crippen LogP contribution is 2.31. The molecule has 0 unspecified atom stereocenters. The Kier molecular flexibility index (Phi) is 5.76. The molecule has 9 heteroatoms. The van der Waals surface area contributed by atoms with Gasteiger partial charge < -0.3 is 5.32 Å². The standard InChI is InChI=1S/C16H11ClF3N3O2/c17-11-5-3-6-12(8-11)22-14(24)15(25)23-21-9-10-4-1-2-7-13(10)16(18,19)20/h1-9H,(H,22,24)(H,23,25)/b21-9-. The number of nitrogens with zero attached hydrogens (tertiary/aromatic N) is 1. The van der Waals surface area contributed by atoms with Gasteiger partial charge in [-0.15, -0.1) is 0 Å². The third-order valence-corrected chi connectivity index (χ3v) is 3.16. The largest absolute Gasteiger partial charge is 0.417 e. The zero-order chi connectivity index (χ0) is 18.4. The van der Waals surface area contributed by atoms with Crippen LogP contribution in [0, 0.1) is 0 Å². The lowest BCUT2D eigenvalue weighted by Crippen LogP contribution is -2.32. The number of amides is 2. The predicted molar refractivity (Wildman–Crippen MR) is 87.3 cm³/mol. The lowest BCUT2D eigenvalue weighted by atomic mass is 10.1. The fraction of sp³-hybridized carbons (Fsp3) is 0.0625. The van der Waals surface area contributed by atoms with Gasteiger partial charge in [0, 0.05) is 16.3 Å². The van der Waals surface area contributed by atoms with Crippen molar-refractivity contribution in [2.45, 2.75) is 6.18 Å². The van der Waals surface area contributed by atoms with Gasteiger partial charge in [0.25, 0.3) is 0 Å². The minimum absolute atomic E-state index is 0.245.